The van der Waals surface area contributed by atoms with Gasteiger partial charge in [-0.25, -0.2) is 0 Å². The molecular weight excluding hydrogens is 303 g/mol. The highest BCUT2D eigenvalue weighted by molar-refractivity contribution is 14.1. The summed E-state index contributed by atoms with van der Waals surface area (Å²) in [5.41, 5.74) is 2.35. The van der Waals surface area contributed by atoms with E-state index in [9.17, 15) is 0 Å². The molecule has 3 nitrogen and oxygen atoms in total. The Hall–Kier alpha value is -0.100. The Morgan fingerprint density at radius 2 is 2.07 bits per heavy atom. The molecule has 0 saturated carbocycles. The van der Waals surface area contributed by atoms with Crippen molar-refractivity contribution >= 4 is 22.6 Å². The molecule has 0 aliphatic carbocycles. The highest BCUT2D eigenvalue weighted by atomic mass is 127. The first-order valence-corrected chi connectivity index (χ1v) is 6.37. The van der Waals surface area contributed by atoms with Gasteiger partial charge in [-0.2, -0.15) is 5.10 Å². The first-order valence-electron chi connectivity index (χ1n) is 5.29. The van der Waals surface area contributed by atoms with Gasteiger partial charge in [0.25, 0.3) is 0 Å². The van der Waals surface area contributed by atoms with Crippen LogP contribution >= 0.6 is 22.6 Å². The summed E-state index contributed by atoms with van der Waals surface area (Å²) < 4.78 is 8.83. The number of nitrogens with zero attached hydrogens (tertiary/aromatic N) is 2. The molecule has 0 N–H and O–H groups in total. The minimum atomic E-state index is 0.602. The van der Waals surface area contributed by atoms with Crippen LogP contribution < -0.4 is 0 Å². The van der Waals surface area contributed by atoms with Crippen LogP contribution in [-0.2, 0) is 11.3 Å². The molecule has 1 aromatic heterocycles. The van der Waals surface area contributed by atoms with Gasteiger partial charge in [0.1, 0.15) is 0 Å². The second kappa shape index (κ2) is 5.84. The van der Waals surface area contributed by atoms with Gasteiger partial charge < -0.3 is 4.74 Å². The Morgan fingerprint density at radius 3 is 2.53 bits per heavy atom. The van der Waals surface area contributed by atoms with Crippen molar-refractivity contribution in [2.75, 3.05) is 13.2 Å². The van der Waals surface area contributed by atoms with Crippen LogP contribution in [0.3, 0.4) is 0 Å². The predicted molar refractivity (Wildman–Crippen MR) is 70.1 cm³/mol. The molecule has 0 fully saturated rings. The van der Waals surface area contributed by atoms with E-state index in [1.54, 1.807) is 0 Å². The fourth-order valence-corrected chi connectivity index (χ4v) is 1.75. The highest BCUT2D eigenvalue weighted by Gasteiger charge is 2.07. The lowest BCUT2D eigenvalue weighted by atomic mass is 10.2. The number of ether oxygens (including phenoxy) is 1. The van der Waals surface area contributed by atoms with Crippen molar-refractivity contribution in [3.63, 3.8) is 0 Å². The molecule has 0 radical (unpaired) electrons. The van der Waals surface area contributed by atoms with Crippen LogP contribution in [0.1, 0.15) is 25.2 Å². The van der Waals surface area contributed by atoms with Crippen molar-refractivity contribution in [2.24, 2.45) is 5.92 Å². The smallest absolute Gasteiger partial charge is 0.0730 e. The quantitative estimate of drug-likeness (QED) is 0.616. The lowest BCUT2D eigenvalue weighted by molar-refractivity contribution is 0.100. The molecule has 1 rings (SSSR count). The summed E-state index contributed by atoms with van der Waals surface area (Å²) in [5, 5.41) is 4.46. The molecule has 86 valence electrons. The van der Waals surface area contributed by atoms with E-state index >= 15 is 0 Å². The van der Waals surface area contributed by atoms with Crippen molar-refractivity contribution in [1.82, 2.24) is 9.78 Å². The molecule has 0 aromatic carbocycles. The average Bonchev–Trinajstić information content (AvgIpc) is 2.41. The summed E-state index contributed by atoms with van der Waals surface area (Å²) in [7, 11) is 0. The summed E-state index contributed by atoms with van der Waals surface area (Å²) in [6.07, 6.45) is 0. The molecular formula is C11H19IN2O. The number of aromatic nitrogens is 2. The monoisotopic (exact) mass is 322 g/mol. The zero-order valence-corrected chi connectivity index (χ0v) is 12.0. The van der Waals surface area contributed by atoms with Gasteiger partial charge in [-0.3, -0.25) is 4.68 Å². The number of rotatable bonds is 5. The number of aryl methyl sites for hydroxylation is 1. The van der Waals surface area contributed by atoms with Gasteiger partial charge in [0.2, 0.25) is 0 Å². The van der Waals surface area contributed by atoms with Crippen LogP contribution in [-0.4, -0.2) is 23.0 Å². The maximum absolute atomic E-state index is 5.54. The molecule has 0 bridgehead atoms. The third kappa shape index (κ3) is 3.75. The number of hydrogen-bond donors (Lipinski definition) is 0. The van der Waals surface area contributed by atoms with E-state index in [1.807, 2.05) is 11.6 Å². The zero-order valence-electron chi connectivity index (χ0n) is 9.88. The maximum Gasteiger partial charge on any atom is 0.0730 e. The van der Waals surface area contributed by atoms with Crippen LogP contribution in [0.4, 0.5) is 0 Å². The van der Waals surface area contributed by atoms with Gasteiger partial charge >= 0.3 is 0 Å². The minimum Gasteiger partial charge on any atom is -0.379 e. The predicted octanol–water partition coefficient (Wildman–Crippen LogP) is 2.78. The summed E-state index contributed by atoms with van der Waals surface area (Å²) in [6, 6.07) is 0. The molecule has 15 heavy (non-hydrogen) atoms. The summed E-state index contributed by atoms with van der Waals surface area (Å²) in [5.74, 6) is 0.602. The molecule has 1 heterocycles. The van der Waals surface area contributed by atoms with E-state index in [1.165, 1.54) is 9.26 Å². The molecule has 0 atom stereocenters. The van der Waals surface area contributed by atoms with Gasteiger partial charge in [0, 0.05) is 12.3 Å². The summed E-state index contributed by atoms with van der Waals surface area (Å²) in [4.78, 5) is 0. The van der Waals surface area contributed by atoms with Gasteiger partial charge in [-0.15, -0.1) is 0 Å². The van der Waals surface area contributed by atoms with E-state index < -0.39 is 0 Å². The van der Waals surface area contributed by atoms with E-state index in [4.69, 9.17) is 4.74 Å². The Kier molecular flexibility index (Phi) is 5.05. The first-order chi connectivity index (χ1) is 7.02. The van der Waals surface area contributed by atoms with Crippen molar-refractivity contribution < 1.29 is 4.74 Å². The standard InChI is InChI=1S/C11H19IN2O/c1-8(2)7-15-6-5-14-10(4)11(12)9(3)13-14/h8H,5-7H2,1-4H3. The third-order valence-electron chi connectivity index (χ3n) is 2.19. The SMILES string of the molecule is Cc1nn(CCOCC(C)C)c(C)c1I. The summed E-state index contributed by atoms with van der Waals surface area (Å²) >= 11 is 2.34. The van der Waals surface area contributed by atoms with Gasteiger partial charge in [-0.05, 0) is 42.4 Å². The molecule has 0 aliphatic rings. The largest absolute Gasteiger partial charge is 0.379 e. The normalized spacial score (nSPS) is 11.3. The van der Waals surface area contributed by atoms with Crippen LogP contribution in [0.5, 0.6) is 0 Å². The summed E-state index contributed by atoms with van der Waals surface area (Å²) in [6.45, 7) is 10.9. The van der Waals surface area contributed by atoms with Crippen LogP contribution in [0, 0.1) is 23.3 Å². The third-order valence-corrected chi connectivity index (χ3v) is 3.75. The fourth-order valence-electron chi connectivity index (χ4n) is 1.36. The zero-order chi connectivity index (χ0) is 11.4. The molecule has 0 unspecified atom stereocenters. The molecule has 0 spiro atoms. The number of halogens is 1. The Morgan fingerprint density at radius 1 is 1.40 bits per heavy atom. The van der Waals surface area contributed by atoms with Crippen molar-refractivity contribution in [3.05, 3.63) is 15.0 Å². The minimum absolute atomic E-state index is 0.602. The lowest BCUT2D eigenvalue weighted by Gasteiger charge is -2.07. The second-order valence-electron chi connectivity index (χ2n) is 4.18. The van der Waals surface area contributed by atoms with E-state index in [-0.39, 0.29) is 0 Å². The lowest BCUT2D eigenvalue weighted by Crippen LogP contribution is -2.11. The Balaban J connectivity index is 2.41. The van der Waals surface area contributed by atoms with Crippen LogP contribution in [0.25, 0.3) is 0 Å². The van der Waals surface area contributed by atoms with Crippen LogP contribution in [0.15, 0.2) is 0 Å². The van der Waals surface area contributed by atoms with E-state index in [2.05, 4.69) is 48.5 Å². The fraction of sp³-hybridized carbons (Fsp3) is 0.727. The van der Waals surface area contributed by atoms with Gasteiger partial charge in [0.05, 0.1) is 22.4 Å². The molecule has 0 amide bonds. The average molecular weight is 322 g/mol. The number of hydrogen-bond acceptors (Lipinski definition) is 2. The van der Waals surface area contributed by atoms with Crippen molar-refractivity contribution in [1.29, 1.82) is 0 Å². The maximum atomic E-state index is 5.54. The second-order valence-corrected chi connectivity index (χ2v) is 5.26. The van der Waals surface area contributed by atoms with E-state index in [0.29, 0.717) is 5.92 Å². The van der Waals surface area contributed by atoms with Crippen LogP contribution in [0.2, 0.25) is 0 Å². The molecule has 4 heteroatoms. The van der Waals surface area contributed by atoms with Gasteiger partial charge in [0.15, 0.2) is 0 Å². The topological polar surface area (TPSA) is 27.1 Å². The van der Waals surface area contributed by atoms with Crippen molar-refractivity contribution in [2.45, 2.75) is 34.2 Å². The first kappa shape index (κ1) is 13.0. The molecule has 0 saturated heterocycles. The van der Waals surface area contributed by atoms with Crippen molar-refractivity contribution in [3.8, 4) is 0 Å². The van der Waals surface area contributed by atoms with Gasteiger partial charge in [-0.1, -0.05) is 13.8 Å². The Labute approximate surface area is 105 Å². The highest BCUT2D eigenvalue weighted by Crippen LogP contribution is 2.14. The molecule has 0 aliphatic heterocycles. The Bertz CT molecular complexity index is 321. The van der Waals surface area contributed by atoms with E-state index in [0.717, 1.165) is 25.5 Å². The molecule has 1 aromatic rings.